The van der Waals surface area contributed by atoms with E-state index < -0.39 is 5.91 Å². The van der Waals surface area contributed by atoms with Crippen LogP contribution < -0.4 is 11.1 Å². The molecular formula is C11H11Cl2N5O. The van der Waals surface area contributed by atoms with E-state index in [1.807, 2.05) is 0 Å². The van der Waals surface area contributed by atoms with Crippen LogP contribution in [0, 0.1) is 0 Å². The van der Waals surface area contributed by atoms with Crippen molar-refractivity contribution in [2.75, 3.05) is 11.9 Å². The van der Waals surface area contributed by atoms with Crippen molar-refractivity contribution in [3.05, 3.63) is 40.1 Å². The predicted octanol–water partition coefficient (Wildman–Crippen LogP) is 1.80. The van der Waals surface area contributed by atoms with Gasteiger partial charge in [0, 0.05) is 11.6 Å². The van der Waals surface area contributed by atoms with E-state index in [-0.39, 0.29) is 5.69 Å². The Labute approximate surface area is 119 Å². The first-order chi connectivity index (χ1) is 9.10. The number of hydrogen-bond donors (Lipinski definition) is 2. The van der Waals surface area contributed by atoms with Crippen LogP contribution in [0.3, 0.4) is 0 Å². The SMILES string of the molecule is NCCn1cc(C(=O)Nc2ccc(Cl)cc2Cl)nn1. The van der Waals surface area contributed by atoms with E-state index in [2.05, 4.69) is 15.6 Å². The van der Waals surface area contributed by atoms with Crippen LogP contribution in [0.25, 0.3) is 0 Å². The van der Waals surface area contributed by atoms with Crippen molar-refractivity contribution in [2.24, 2.45) is 5.73 Å². The van der Waals surface area contributed by atoms with Crippen LogP contribution >= 0.6 is 23.2 Å². The fourth-order valence-electron chi connectivity index (χ4n) is 1.42. The van der Waals surface area contributed by atoms with Gasteiger partial charge in [-0.05, 0) is 18.2 Å². The first-order valence-corrected chi connectivity index (χ1v) is 6.22. The minimum absolute atomic E-state index is 0.194. The summed E-state index contributed by atoms with van der Waals surface area (Å²) < 4.78 is 1.50. The smallest absolute Gasteiger partial charge is 0.277 e. The summed E-state index contributed by atoms with van der Waals surface area (Å²) in [6.07, 6.45) is 1.52. The van der Waals surface area contributed by atoms with E-state index in [1.165, 1.54) is 10.9 Å². The van der Waals surface area contributed by atoms with Crippen molar-refractivity contribution in [1.82, 2.24) is 15.0 Å². The minimum atomic E-state index is -0.396. The van der Waals surface area contributed by atoms with Crippen molar-refractivity contribution in [1.29, 1.82) is 0 Å². The maximum absolute atomic E-state index is 11.9. The molecule has 100 valence electrons. The average molecular weight is 300 g/mol. The number of hydrogen-bond acceptors (Lipinski definition) is 4. The second-order valence-corrected chi connectivity index (χ2v) is 4.58. The lowest BCUT2D eigenvalue weighted by molar-refractivity contribution is 0.102. The lowest BCUT2D eigenvalue weighted by Gasteiger charge is -2.05. The number of nitrogens with zero attached hydrogens (tertiary/aromatic N) is 3. The summed E-state index contributed by atoms with van der Waals surface area (Å²) in [5.74, 6) is -0.396. The zero-order valence-corrected chi connectivity index (χ0v) is 11.3. The molecule has 0 bridgehead atoms. The highest BCUT2D eigenvalue weighted by atomic mass is 35.5. The fourth-order valence-corrected chi connectivity index (χ4v) is 1.88. The highest BCUT2D eigenvalue weighted by molar-refractivity contribution is 6.36. The van der Waals surface area contributed by atoms with Gasteiger partial charge in [0.25, 0.3) is 5.91 Å². The van der Waals surface area contributed by atoms with Crippen LogP contribution in [0.4, 0.5) is 5.69 Å². The number of carbonyl (C=O) groups excluding carboxylic acids is 1. The standard InChI is InChI=1S/C11H11Cl2N5O/c12-7-1-2-9(8(13)5-7)15-11(19)10-6-18(4-3-14)17-16-10/h1-2,5-6H,3-4,14H2,(H,15,19). The molecule has 1 heterocycles. The van der Waals surface area contributed by atoms with Gasteiger partial charge >= 0.3 is 0 Å². The van der Waals surface area contributed by atoms with Crippen LogP contribution in [-0.2, 0) is 6.54 Å². The van der Waals surface area contributed by atoms with Gasteiger partial charge in [-0.15, -0.1) is 5.10 Å². The van der Waals surface area contributed by atoms with Crippen molar-refractivity contribution in [2.45, 2.75) is 6.54 Å². The van der Waals surface area contributed by atoms with Crippen molar-refractivity contribution in [3.63, 3.8) is 0 Å². The largest absolute Gasteiger partial charge is 0.329 e. The van der Waals surface area contributed by atoms with Crippen LogP contribution in [0.2, 0.25) is 10.0 Å². The molecule has 0 unspecified atom stereocenters. The topological polar surface area (TPSA) is 85.8 Å². The van der Waals surface area contributed by atoms with E-state index in [0.717, 1.165) is 0 Å². The van der Waals surface area contributed by atoms with Crippen LogP contribution in [-0.4, -0.2) is 27.4 Å². The maximum Gasteiger partial charge on any atom is 0.277 e. The van der Waals surface area contributed by atoms with Crippen LogP contribution in [0.1, 0.15) is 10.5 Å². The van der Waals surface area contributed by atoms with E-state index in [4.69, 9.17) is 28.9 Å². The predicted molar refractivity (Wildman–Crippen MR) is 73.5 cm³/mol. The molecule has 0 fully saturated rings. The summed E-state index contributed by atoms with van der Waals surface area (Å²) in [4.78, 5) is 11.9. The molecule has 3 N–H and O–H groups in total. The number of anilines is 1. The lowest BCUT2D eigenvalue weighted by atomic mass is 10.3. The average Bonchev–Trinajstić information content (AvgIpc) is 2.82. The second kappa shape index (κ2) is 6.01. The van der Waals surface area contributed by atoms with Gasteiger partial charge in [0.1, 0.15) is 0 Å². The monoisotopic (exact) mass is 299 g/mol. The Kier molecular flexibility index (Phi) is 4.36. The summed E-state index contributed by atoms with van der Waals surface area (Å²) >= 11 is 11.7. The summed E-state index contributed by atoms with van der Waals surface area (Å²) in [5, 5.41) is 11.0. The molecule has 0 saturated carbocycles. The molecule has 8 heteroatoms. The van der Waals surface area contributed by atoms with Crippen molar-refractivity contribution in [3.8, 4) is 0 Å². The third-order valence-corrected chi connectivity index (χ3v) is 2.86. The number of amides is 1. The molecule has 0 spiro atoms. The van der Waals surface area contributed by atoms with Gasteiger partial charge in [0.15, 0.2) is 5.69 Å². The second-order valence-electron chi connectivity index (χ2n) is 3.73. The summed E-state index contributed by atoms with van der Waals surface area (Å²) in [6, 6.07) is 4.80. The van der Waals surface area contributed by atoms with E-state index in [0.29, 0.717) is 28.8 Å². The highest BCUT2D eigenvalue weighted by Crippen LogP contribution is 2.25. The molecule has 1 aromatic heterocycles. The molecule has 19 heavy (non-hydrogen) atoms. The first kappa shape index (κ1) is 13.8. The minimum Gasteiger partial charge on any atom is -0.329 e. The molecule has 0 aliphatic rings. The zero-order chi connectivity index (χ0) is 13.8. The molecule has 1 amide bonds. The Hall–Kier alpha value is -1.63. The molecular weight excluding hydrogens is 289 g/mol. The number of rotatable bonds is 4. The number of halogens is 2. The van der Waals surface area contributed by atoms with Crippen LogP contribution in [0.5, 0.6) is 0 Å². The highest BCUT2D eigenvalue weighted by Gasteiger charge is 2.12. The van der Waals surface area contributed by atoms with Crippen molar-refractivity contribution < 1.29 is 4.79 Å². The molecule has 0 aliphatic heterocycles. The fraction of sp³-hybridized carbons (Fsp3) is 0.182. The van der Waals surface area contributed by atoms with Gasteiger partial charge in [0.2, 0.25) is 0 Å². The number of nitrogens with two attached hydrogens (primary N) is 1. The quantitative estimate of drug-likeness (QED) is 0.901. The van der Waals surface area contributed by atoms with Gasteiger partial charge in [-0.1, -0.05) is 28.4 Å². The molecule has 1 aromatic carbocycles. The number of benzene rings is 1. The third kappa shape index (κ3) is 3.44. The van der Waals surface area contributed by atoms with Gasteiger partial charge < -0.3 is 11.1 Å². The third-order valence-electron chi connectivity index (χ3n) is 2.31. The number of carbonyl (C=O) groups is 1. The van der Waals surface area contributed by atoms with E-state index >= 15 is 0 Å². The van der Waals surface area contributed by atoms with Crippen LogP contribution in [0.15, 0.2) is 24.4 Å². The Morgan fingerprint density at radius 2 is 2.21 bits per heavy atom. The number of nitrogens with one attached hydrogen (secondary N) is 1. The van der Waals surface area contributed by atoms with Gasteiger partial charge in [0.05, 0.1) is 23.5 Å². The molecule has 0 atom stereocenters. The summed E-state index contributed by atoms with van der Waals surface area (Å²) in [7, 11) is 0. The molecule has 2 rings (SSSR count). The zero-order valence-electron chi connectivity index (χ0n) is 9.81. The maximum atomic E-state index is 11.9. The van der Waals surface area contributed by atoms with Gasteiger partial charge in [-0.3, -0.25) is 9.48 Å². The van der Waals surface area contributed by atoms with E-state index in [1.54, 1.807) is 18.2 Å². The summed E-state index contributed by atoms with van der Waals surface area (Å²) in [5.41, 5.74) is 6.04. The molecule has 2 aromatic rings. The molecule has 0 saturated heterocycles. The summed E-state index contributed by atoms with van der Waals surface area (Å²) in [6.45, 7) is 0.926. The lowest BCUT2D eigenvalue weighted by Crippen LogP contribution is -2.13. The molecule has 0 radical (unpaired) electrons. The Bertz CT molecular complexity index is 599. The van der Waals surface area contributed by atoms with Gasteiger partial charge in [-0.2, -0.15) is 0 Å². The Balaban J connectivity index is 2.11. The number of aromatic nitrogens is 3. The Morgan fingerprint density at radius 3 is 2.89 bits per heavy atom. The normalized spacial score (nSPS) is 10.5. The molecule has 6 nitrogen and oxygen atoms in total. The van der Waals surface area contributed by atoms with Gasteiger partial charge in [-0.25, -0.2) is 0 Å². The first-order valence-electron chi connectivity index (χ1n) is 5.47. The van der Waals surface area contributed by atoms with Crippen molar-refractivity contribution >= 4 is 34.8 Å². The van der Waals surface area contributed by atoms with E-state index in [9.17, 15) is 4.79 Å². The Morgan fingerprint density at radius 1 is 1.42 bits per heavy atom. The molecule has 0 aliphatic carbocycles.